The number of hydrogen-bond donors (Lipinski definition) is 0. The van der Waals surface area contributed by atoms with Crippen molar-refractivity contribution >= 4 is 47.2 Å². The van der Waals surface area contributed by atoms with Gasteiger partial charge in [0.1, 0.15) is 6.04 Å². The van der Waals surface area contributed by atoms with Gasteiger partial charge in [-0.25, -0.2) is 0 Å². The first-order valence-corrected chi connectivity index (χ1v) is 9.76. The third-order valence-electron chi connectivity index (χ3n) is 5.04. The summed E-state index contributed by atoms with van der Waals surface area (Å²) >= 11 is 12.0. The van der Waals surface area contributed by atoms with Gasteiger partial charge >= 0.3 is 0 Å². The molecule has 2 saturated heterocycles. The smallest absolute Gasteiger partial charge is 0.161 e. The second-order valence-corrected chi connectivity index (χ2v) is 7.81. The molecule has 1 unspecified atom stereocenters. The van der Waals surface area contributed by atoms with Crippen molar-refractivity contribution in [2.75, 3.05) is 26.3 Å². The number of halogens is 3. The summed E-state index contributed by atoms with van der Waals surface area (Å²) in [5, 5.41) is 0.908. The summed E-state index contributed by atoms with van der Waals surface area (Å²) < 4.78 is 0. The molecule has 3 rings (SSSR count). The second kappa shape index (κ2) is 10.0. The number of Topliss-reactive ketones (excluding diaryl/α,β-unsaturated/α-hetero) is 2. The molecular formula is C19H25Cl3N2O2. The standard InChI is InChI=1S/C19H24Cl2N2O2.ClH/c20-15-7-6-14(11-16(15)21)12-18(25)19-17(24)5-4-10-23(19)13-22-8-2-1-3-9-22;/h6-7,11,19H,1-5,8-10,12-13H2;1H. The van der Waals surface area contributed by atoms with E-state index in [1.165, 1.54) is 19.3 Å². The number of hydrogen-bond acceptors (Lipinski definition) is 4. The minimum Gasteiger partial charge on any atom is -0.297 e. The Hall–Kier alpha value is -0.650. The first-order valence-electron chi connectivity index (χ1n) is 9.00. The SMILES string of the molecule is Cl.O=C1CCCN(CN2CCCCC2)C1C(=O)Cc1ccc(Cl)c(Cl)c1. The first kappa shape index (κ1) is 21.6. The highest BCUT2D eigenvalue weighted by Crippen LogP contribution is 2.24. The maximum atomic E-state index is 12.9. The quantitative estimate of drug-likeness (QED) is 0.676. The summed E-state index contributed by atoms with van der Waals surface area (Å²) in [6.45, 7) is 3.63. The predicted molar refractivity (Wildman–Crippen MR) is 107 cm³/mol. The molecule has 0 saturated carbocycles. The fraction of sp³-hybridized carbons (Fsp3) is 0.579. The van der Waals surface area contributed by atoms with E-state index < -0.39 is 6.04 Å². The Morgan fingerprint density at radius 2 is 1.77 bits per heavy atom. The third kappa shape index (κ3) is 5.43. The number of carbonyl (C=O) groups excluding carboxylic acids is 2. The molecule has 4 nitrogen and oxygen atoms in total. The maximum Gasteiger partial charge on any atom is 0.161 e. The molecule has 2 heterocycles. The topological polar surface area (TPSA) is 40.6 Å². The maximum absolute atomic E-state index is 12.9. The van der Waals surface area contributed by atoms with Crippen LogP contribution in [0.4, 0.5) is 0 Å². The number of ketones is 2. The summed E-state index contributed by atoms with van der Waals surface area (Å²) in [6.07, 6.45) is 5.21. The van der Waals surface area contributed by atoms with Gasteiger partial charge in [-0.05, 0) is 50.0 Å². The van der Waals surface area contributed by atoms with Crippen LogP contribution in [-0.4, -0.2) is 53.7 Å². The number of benzene rings is 1. The molecule has 2 fully saturated rings. The van der Waals surface area contributed by atoms with Gasteiger partial charge in [-0.3, -0.25) is 19.4 Å². The van der Waals surface area contributed by atoms with Gasteiger partial charge in [-0.15, -0.1) is 12.4 Å². The van der Waals surface area contributed by atoms with Gasteiger partial charge in [0.05, 0.1) is 16.7 Å². The molecule has 1 aromatic rings. The molecule has 0 amide bonds. The number of carbonyl (C=O) groups is 2. The van der Waals surface area contributed by atoms with E-state index in [4.69, 9.17) is 23.2 Å². The van der Waals surface area contributed by atoms with Crippen molar-refractivity contribution in [2.24, 2.45) is 0 Å². The van der Waals surface area contributed by atoms with Gasteiger partial charge in [0.2, 0.25) is 0 Å². The zero-order valence-electron chi connectivity index (χ0n) is 14.8. The van der Waals surface area contributed by atoms with Crippen molar-refractivity contribution in [1.82, 2.24) is 9.80 Å². The van der Waals surface area contributed by atoms with E-state index in [-0.39, 0.29) is 30.4 Å². The van der Waals surface area contributed by atoms with Crippen LogP contribution >= 0.6 is 35.6 Å². The minimum atomic E-state index is -0.620. The molecule has 0 aliphatic carbocycles. The second-order valence-electron chi connectivity index (χ2n) is 7.00. The van der Waals surface area contributed by atoms with Crippen LogP contribution in [0.2, 0.25) is 10.0 Å². The van der Waals surface area contributed by atoms with Gasteiger partial charge in [0.25, 0.3) is 0 Å². The molecule has 0 N–H and O–H groups in total. The van der Waals surface area contributed by atoms with E-state index in [2.05, 4.69) is 9.80 Å². The normalized spacial score (nSPS) is 22.1. The molecule has 7 heteroatoms. The minimum absolute atomic E-state index is 0. The van der Waals surface area contributed by atoms with Crippen molar-refractivity contribution < 1.29 is 9.59 Å². The van der Waals surface area contributed by atoms with Crippen molar-refractivity contribution in [3.05, 3.63) is 33.8 Å². The van der Waals surface area contributed by atoms with E-state index in [1.54, 1.807) is 18.2 Å². The van der Waals surface area contributed by atoms with Gasteiger partial charge in [0, 0.05) is 19.4 Å². The zero-order chi connectivity index (χ0) is 17.8. The first-order chi connectivity index (χ1) is 12.0. The average molecular weight is 420 g/mol. The largest absolute Gasteiger partial charge is 0.297 e. The van der Waals surface area contributed by atoms with E-state index >= 15 is 0 Å². The van der Waals surface area contributed by atoms with Crippen LogP contribution in [0.3, 0.4) is 0 Å². The Morgan fingerprint density at radius 3 is 2.46 bits per heavy atom. The summed E-state index contributed by atoms with van der Waals surface area (Å²) in [5.41, 5.74) is 0.802. The fourth-order valence-corrected chi connectivity index (χ4v) is 4.09. The fourth-order valence-electron chi connectivity index (χ4n) is 3.77. The lowest BCUT2D eigenvalue weighted by Crippen LogP contribution is -2.55. The Morgan fingerprint density at radius 1 is 1.04 bits per heavy atom. The molecule has 26 heavy (non-hydrogen) atoms. The lowest BCUT2D eigenvalue weighted by atomic mass is 9.93. The highest BCUT2D eigenvalue weighted by molar-refractivity contribution is 6.42. The predicted octanol–water partition coefficient (Wildman–Crippen LogP) is 4.00. The van der Waals surface area contributed by atoms with Gasteiger partial charge < -0.3 is 0 Å². The lowest BCUT2D eigenvalue weighted by Gasteiger charge is -2.38. The third-order valence-corrected chi connectivity index (χ3v) is 5.78. The van der Waals surface area contributed by atoms with Crippen molar-refractivity contribution in [3.63, 3.8) is 0 Å². The number of rotatable bonds is 5. The lowest BCUT2D eigenvalue weighted by molar-refractivity contribution is -0.138. The van der Waals surface area contributed by atoms with Crippen LogP contribution < -0.4 is 0 Å². The Balaban J connectivity index is 0.00000243. The van der Waals surface area contributed by atoms with Crippen LogP contribution in [0.25, 0.3) is 0 Å². The number of piperidine rings is 2. The Labute approximate surface area is 171 Å². The van der Waals surface area contributed by atoms with Gasteiger partial charge in [-0.1, -0.05) is 35.7 Å². The summed E-state index contributed by atoms with van der Waals surface area (Å²) in [7, 11) is 0. The van der Waals surface area contributed by atoms with Crippen LogP contribution in [0.1, 0.15) is 37.7 Å². The summed E-state index contributed by atoms with van der Waals surface area (Å²) in [5.74, 6) is 0.00779. The zero-order valence-corrected chi connectivity index (χ0v) is 17.1. The molecule has 0 radical (unpaired) electrons. The molecule has 1 aromatic carbocycles. The molecule has 1 atom stereocenters. The van der Waals surface area contributed by atoms with Crippen molar-refractivity contribution in [3.8, 4) is 0 Å². The summed E-state index contributed by atoms with van der Waals surface area (Å²) in [6, 6.07) is 4.59. The molecule has 0 bridgehead atoms. The monoisotopic (exact) mass is 418 g/mol. The molecule has 144 valence electrons. The van der Waals surface area contributed by atoms with Gasteiger partial charge in [-0.2, -0.15) is 0 Å². The van der Waals surface area contributed by atoms with E-state index in [0.29, 0.717) is 23.1 Å². The molecule has 2 aliphatic heterocycles. The molecule has 0 aromatic heterocycles. The van der Waals surface area contributed by atoms with Crippen LogP contribution in [0.15, 0.2) is 18.2 Å². The highest BCUT2D eigenvalue weighted by Gasteiger charge is 2.36. The Bertz CT molecular complexity index is 648. The average Bonchev–Trinajstić information content (AvgIpc) is 2.59. The van der Waals surface area contributed by atoms with E-state index in [0.717, 1.165) is 31.6 Å². The van der Waals surface area contributed by atoms with Crippen molar-refractivity contribution in [2.45, 2.75) is 44.6 Å². The number of nitrogens with zero attached hydrogens (tertiary/aromatic N) is 2. The van der Waals surface area contributed by atoms with Gasteiger partial charge in [0.15, 0.2) is 11.6 Å². The van der Waals surface area contributed by atoms with Crippen LogP contribution in [-0.2, 0) is 16.0 Å². The summed E-state index contributed by atoms with van der Waals surface area (Å²) in [4.78, 5) is 29.8. The van der Waals surface area contributed by atoms with Crippen molar-refractivity contribution in [1.29, 1.82) is 0 Å². The highest BCUT2D eigenvalue weighted by atomic mass is 35.5. The molecule has 0 spiro atoms. The van der Waals surface area contributed by atoms with E-state index in [1.807, 2.05) is 0 Å². The van der Waals surface area contributed by atoms with E-state index in [9.17, 15) is 9.59 Å². The van der Waals surface area contributed by atoms with Crippen LogP contribution in [0.5, 0.6) is 0 Å². The Kier molecular flexibility index (Phi) is 8.37. The molecule has 2 aliphatic rings. The van der Waals surface area contributed by atoms with Crippen LogP contribution in [0, 0.1) is 0 Å². The molecular weight excluding hydrogens is 395 g/mol. The number of likely N-dealkylation sites (tertiary alicyclic amines) is 2.